The molecule has 0 aromatic carbocycles. The molecule has 1 atom stereocenters. The average Bonchev–Trinajstić information content (AvgIpc) is 2.00. The van der Waals surface area contributed by atoms with E-state index < -0.39 is 5.72 Å². The zero-order valence-corrected chi connectivity index (χ0v) is 9.76. The van der Waals surface area contributed by atoms with Crippen LogP contribution in [0.1, 0.15) is 6.92 Å². The lowest BCUT2D eigenvalue weighted by molar-refractivity contribution is -0.877. The molecule has 1 amide bonds. The fourth-order valence-electron chi connectivity index (χ4n) is 1.37. The quantitative estimate of drug-likeness (QED) is 0.396. The van der Waals surface area contributed by atoms with Gasteiger partial charge in [0.25, 0.3) is 0 Å². The van der Waals surface area contributed by atoms with Crippen LogP contribution < -0.4 is 5.32 Å². The van der Waals surface area contributed by atoms with Gasteiger partial charge in [0.15, 0.2) is 5.72 Å². The number of amides is 1. The zero-order valence-electron chi connectivity index (χ0n) is 9.76. The van der Waals surface area contributed by atoms with Crippen molar-refractivity contribution in [1.29, 1.82) is 0 Å². The van der Waals surface area contributed by atoms with Crippen molar-refractivity contribution in [3.63, 3.8) is 0 Å². The first-order valence-corrected chi connectivity index (χ1v) is 4.52. The Morgan fingerprint density at radius 1 is 1.57 bits per heavy atom. The van der Waals surface area contributed by atoms with E-state index in [-0.39, 0.29) is 5.91 Å². The summed E-state index contributed by atoms with van der Waals surface area (Å²) in [5.41, 5.74) is -0.649. The first-order chi connectivity index (χ1) is 6.22. The van der Waals surface area contributed by atoms with Crippen LogP contribution in [0.4, 0.5) is 0 Å². The second-order valence-electron chi connectivity index (χ2n) is 4.58. The van der Waals surface area contributed by atoms with E-state index in [1.54, 1.807) is 7.11 Å². The van der Waals surface area contributed by atoms with Gasteiger partial charge in [0.2, 0.25) is 5.91 Å². The van der Waals surface area contributed by atoms with Crippen LogP contribution >= 0.6 is 0 Å². The fraction of sp³-hybridized carbons (Fsp3) is 0.700. The number of quaternary nitrogens is 1. The van der Waals surface area contributed by atoms with Crippen molar-refractivity contribution >= 4 is 5.91 Å². The molecule has 0 saturated carbocycles. The third-order valence-electron chi connectivity index (χ3n) is 1.80. The van der Waals surface area contributed by atoms with Crippen LogP contribution in [0.3, 0.4) is 0 Å². The Morgan fingerprint density at radius 2 is 2.07 bits per heavy atom. The highest BCUT2D eigenvalue weighted by atomic mass is 16.5. The van der Waals surface area contributed by atoms with E-state index in [4.69, 9.17) is 4.74 Å². The standard InChI is InChI=1S/C10H20N2O2/c1-7-9(13)11-10(2,14-6)8-12(3,4)5/h7H,1,8H2,2-6H3/p+1. The highest BCUT2D eigenvalue weighted by Gasteiger charge is 2.31. The topological polar surface area (TPSA) is 38.3 Å². The summed E-state index contributed by atoms with van der Waals surface area (Å²) >= 11 is 0. The van der Waals surface area contributed by atoms with Gasteiger partial charge in [0.05, 0.1) is 21.1 Å². The Hall–Kier alpha value is -0.870. The maximum absolute atomic E-state index is 11.2. The number of rotatable bonds is 5. The maximum Gasteiger partial charge on any atom is 0.245 e. The SMILES string of the molecule is C=CC(=O)NC(C)(C[N+](C)(C)C)OC. The number of methoxy groups -OCH3 is 1. The van der Waals surface area contributed by atoms with Gasteiger partial charge >= 0.3 is 0 Å². The van der Waals surface area contributed by atoms with E-state index in [0.717, 1.165) is 0 Å². The second kappa shape index (κ2) is 4.57. The minimum Gasteiger partial charge on any atom is -0.354 e. The number of hydrogen-bond acceptors (Lipinski definition) is 2. The molecule has 0 aliphatic carbocycles. The molecule has 0 aliphatic heterocycles. The van der Waals surface area contributed by atoms with E-state index in [1.165, 1.54) is 6.08 Å². The van der Waals surface area contributed by atoms with Crippen molar-refractivity contribution in [2.24, 2.45) is 0 Å². The summed E-state index contributed by atoms with van der Waals surface area (Å²) in [5.74, 6) is -0.220. The monoisotopic (exact) mass is 201 g/mol. The van der Waals surface area contributed by atoms with Gasteiger partial charge in [-0.1, -0.05) is 6.58 Å². The van der Waals surface area contributed by atoms with Gasteiger partial charge in [-0.2, -0.15) is 0 Å². The molecule has 0 bridgehead atoms. The molecule has 0 saturated heterocycles. The number of ether oxygens (including phenoxy) is 1. The van der Waals surface area contributed by atoms with Crippen LogP contribution in [-0.2, 0) is 9.53 Å². The highest BCUT2D eigenvalue weighted by Crippen LogP contribution is 2.09. The Bertz CT molecular complexity index is 221. The zero-order chi connectivity index (χ0) is 11.4. The largest absolute Gasteiger partial charge is 0.354 e. The Morgan fingerprint density at radius 3 is 2.36 bits per heavy atom. The number of likely N-dealkylation sites (N-methyl/N-ethyl adjacent to an activating group) is 1. The summed E-state index contributed by atoms with van der Waals surface area (Å²) in [7, 11) is 7.70. The van der Waals surface area contributed by atoms with Gasteiger partial charge < -0.3 is 14.5 Å². The molecule has 0 aliphatic rings. The molecule has 0 aromatic heterocycles. The summed E-state index contributed by atoms with van der Waals surface area (Å²) < 4.78 is 6.00. The number of hydrogen-bond donors (Lipinski definition) is 1. The van der Waals surface area contributed by atoms with Gasteiger partial charge in [0, 0.05) is 7.11 Å². The summed E-state index contributed by atoms with van der Waals surface area (Å²) in [4.78, 5) is 11.2. The van der Waals surface area contributed by atoms with Gasteiger partial charge in [-0.3, -0.25) is 4.79 Å². The lowest BCUT2D eigenvalue weighted by Gasteiger charge is -2.35. The van der Waals surface area contributed by atoms with Gasteiger partial charge in [0.1, 0.15) is 6.54 Å². The van der Waals surface area contributed by atoms with Crippen molar-refractivity contribution in [2.45, 2.75) is 12.6 Å². The maximum atomic E-state index is 11.2. The number of nitrogens with zero attached hydrogens (tertiary/aromatic N) is 1. The van der Waals surface area contributed by atoms with Crippen molar-refractivity contribution < 1.29 is 14.0 Å². The Balaban J connectivity index is 4.47. The van der Waals surface area contributed by atoms with Crippen molar-refractivity contribution in [3.8, 4) is 0 Å². The molecule has 0 rings (SSSR count). The molecule has 4 heteroatoms. The van der Waals surface area contributed by atoms with Gasteiger partial charge in [-0.05, 0) is 13.0 Å². The van der Waals surface area contributed by atoms with Crippen molar-refractivity contribution in [2.75, 3.05) is 34.8 Å². The Kier molecular flexibility index (Phi) is 4.29. The molecule has 82 valence electrons. The smallest absolute Gasteiger partial charge is 0.245 e. The van der Waals surface area contributed by atoms with E-state index >= 15 is 0 Å². The minimum absolute atomic E-state index is 0.220. The average molecular weight is 201 g/mol. The predicted octanol–water partition coefficient (Wildman–Crippen LogP) is 0.357. The third kappa shape index (κ3) is 4.99. The Labute approximate surface area is 86.1 Å². The van der Waals surface area contributed by atoms with E-state index in [0.29, 0.717) is 11.0 Å². The van der Waals surface area contributed by atoms with Crippen LogP contribution in [-0.4, -0.2) is 50.9 Å². The molecular formula is C10H21N2O2+. The van der Waals surface area contributed by atoms with Crippen molar-refractivity contribution in [1.82, 2.24) is 5.32 Å². The molecule has 0 fully saturated rings. The lowest BCUT2D eigenvalue weighted by Crippen LogP contribution is -2.58. The molecule has 14 heavy (non-hydrogen) atoms. The molecule has 0 radical (unpaired) electrons. The van der Waals surface area contributed by atoms with Crippen LogP contribution in [0.2, 0.25) is 0 Å². The molecular weight excluding hydrogens is 180 g/mol. The van der Waals surface area contributed by atoms with Crippen LogP contribution in [0.15, 0.2) is 12.7 Å². The van der Waals surface area contributed by atoms with Crippen LogP contribution in [0.25, 0.3) is 0 Å². The fourth-order valence-corrected chi connectivity index (χ4v) is 1.37. The lowest BCUT2D eigenvalue weighted by atomic mass is 10.2. The molecule has 1 unspecified atom stereocenters. The highest BCUT2D eigenvalue weighted by molar-refractivity contribution is 5.87. The molecule has 0 heterocycles. The summed E-state index contributed by atoms with van der Waals surface area (Å²) in [5, 5.41) is 2.75. The molecule has 0 spiro atoms. The molecule has 1 N–H and O–H groups in total. The van der Waals surface area contributed by atoms with Crippen molar-refractivity contribution in [3.05, 3.63) is 12.7 Å². The second-order valence-corrected chi connectivity index (χ2v) is 4.58. The summed E-state index contributed by atoms with van der Waals surface area (Å²) in [6.07, 6.45) is 1.24. The van der Waals surface area contributed by atoms with E-state index in [2.05, 4.69) is 11.9 Å². The molecule has 4 nitrogen and oxygen atoms in total. The number of carbonyl (C=O) groups excluding carboxylic acids is 1. The van der Waals surface area contributed by atoms with E-state index in [9.17, 15) is 4.79 Å². The molecule has 0 aromatic rings. The number of carbonyl (C=O) groups is 1. The van der Waals surface area contributed by atoms with E-state index in [1.807, 2.05) is 28.1 Å². The first kappa shape index (κ1) is 13.1. The van der Waals surface area contributed by atoms with Crippen LogP contribution in [0.5, 0.6) is 0 Å². The summed E-state index contributed by atoms with van der Waals surface area (Å²) in [6.45, 7) is 5.93. The first-order valence-electron chi connectivity index (χ1n) is 4.52. The van der Waals surface area contributed by atoms with Gasteiger partial charge in [-0.25, -0.2) is 0 Å². The normalized spacial score (nSPS) is 15.8. The minimum atomic E-state index is -0.649. The summed E-state index contributed by atoms with van der Waals surface area (Å²) in [6, 6.07) is 0. The van der Waals surface area contributed by atoms with Crippen LogP contribution in [0, 0.1) is 0 Å². The number of nitrogens with one attached hydrogen (secondary N) is 1. The predicted molar refractivity (Wildman–Crippen MR) is 56.7 cm³/mol. The van der Waals surface area contributed by atoms with Gasteiger partial charge in [-0.15, -0.1) is 0 Å². The third-order valence-corrected chi connectivity index (χ3v) is 1.80.